The molecular formula is C14H25N5OS. The number of piperazine rings is 1. The largest absolute Gasteiger partial charge is 0.382 e. The molecule has 0 aromatic carbocycles. The maximum absolute atomic E-state index is 12.6. The van der Waals surface area contributed by atoms with E-state index in [0.717, 1.165) is 37.9 Å². The molecule has 1 fully saturated rings. The molecule has 0 bridgehead atoms. The van der Waals surface area contributed by atoms with E-state index in [0.29, 0.717) is 16.6 Å². The van der Waals surface area contributed by atoms with Crippen LogP contribution in [0.2, 0.25) is 0 Å². The van der Waals surface area contributed by atoms with Gasteiger partial charge < -0.3 is 15.5 Å². The van der Waals surface area contributed by atoms with Crippen LogP contribution in [0.1, 0.15) is 23.5 Å². The van der Waals surface area contributed by atoms with Crippen molar-refractivity contribution in [3.05, 3.63) is 4.88 Å². The predicted molar refractivity (Wildman–Crippen MR) is 88.0 cm³/mol. The molecule has 0 aliphatic carbocycles. The van der Waals surface area contributed by atoms with Crippen LogP contribution >= 0.6 is 11.3 Å². The first-order valence-electron chi connectivity index (χ1n) is 7.33. The fourth-order valence-electron chi connectivity index (χ4n) is 2.46. The number of hydrogen-bond donors (Lipinski definition) is 1. The van der Waals surface area contributed by atoms with E-state index in [1.807, 2.05) is 23.9 Å². The zero-order valence-corrected chi connectivity index (χ0v) is 14.1. The topological polar surface area (TPSA) is 65.7 Å². The van der Waals surface area contributed by atoms with E-state index < -0.39 is 0 Å². The van der Waals surface area contributed by atoms with E-state index >= 15 is 0 Å². The van der Waals surface area contributed by atoms with Crippen molar-refractivity contribution >= 4 is 28.2 Å². The monoisotopic (exact) mass is 311 g/mol. The summed E-state index contributed by atoms with van der Waals surface area (Å²) in [4.78, 5) is 23.5. The number of hydrogen-bond acceptors (Lipinski definition) is 6. The lowest BCUT2D eigenvalue weighted by Crippen LogP contribution is -2.49. The van der Waals surface area contributed by atoms with Crippen molar-refractivity contribution in [1.82, 2.24) is 14.8 Å². The average Bonchev–Trinajstić information content (AvgIpc) is 2.80. The van der Waals surface area contributed by atoms with Crippen molar-refractivity contribution in [2.75, 3.05) is 57.5 Å². The summed E-state index contributed by atoms with van der Waals surface area (Å²) in [6, 6.07) is 0. The third kappa shape index (κ3) is 3.85. The molecule has 0 unspecified atom stereocenters. The first-order chi connectivity index (χ1) is 9.88. The van der Waals surface area contributed by atoms with Crippen molar-refractivity contribution in [3.8, 4) is 0 Å². The summed E-state index contributed by atoms with van der Waals surface area (Å²) in [7, 11) is 3.80. The summed E-state index contributed by atoms with van der Waals surface area (Å²) < 4.78 is 0. The fraction of sp³-hybridized carbons (Fsp3) is 0.714. The Hall–Kier alpha value is -1.34. The number of nitrogen functional groups attached to an aromatic ring is 1. The molecule has 1 aliphatic rings. The minimum absolute atomic E-state index is 0.0160. The van der Waals surface area contributed by atoms with Crippen molar-refractivity contribution in [3.63, 3.8) is 0 Å². The van der Waals surface area contributed by atoms with Gasteiger partial charge in [0.2, 0.25) is 0 Å². The molecule has 0 radical (unpaired) electrons. The van der Waals surface area contributed by atoms with Crippen molar-refractivity contribution in [2.24, 2.45) is 5.92 Å². The summed E-state index contributed by atoms with van der Waals surface area (Å²) >= 11 is 1.37. The molecule has 7 heteroatoms. The summed E-state index contributed by atoms with van der Waals surface area (Å²) in [6.07, 6.45) is 0. The molecule has 1 aromatic rings. The minimum atomic E-state index is 0.0160. The second-order valence-electron chi connectivity index (χ2n) is 6.09. The lowest BCUT2D eigenvalue weighted by molar-refractivity contribution is 0.0629. The lowest BCUT2D eigenvalue weighted by Gasteiger charge is -2.35. The molecule has 2 heterocycles. The Bertz CT molecular complexity index is 492. The number of carbonyl (C=O) groups is 1. The molecule has 0 spiro atoms. The van der Waals surface area contributed by atoms with E-state index in [1.54, 1.807) is 0 Å². The van der Waals surface area contributed by atoms with Crippen LogP contribution < -0.4 is 10.6 Å². The Labute approximate surface area is 130 Å². The molecule has 1 aromatic heterocycles. The highest BCUT2D eigenvalue weighted by Gasteiger charge is 2.26. The summed E-state index contributed by atoms with van der Waals surface area (Å²) in [5, 5.41) is 0.772. The standard InChI is InChI=1S/C14H25N5OS/c1-10(2)9-18-5-7-19(8-6-18)13(20)11-12(15)16-14(21-11)17(3)4/h10H,5-9,15H2,1-4H3. The number of carbonyl (C=O) groups excluding carboxylic acids is 1. The zero-order valence-electron chi connectivity index (χ0n) is 13.3. The molecule has 2 N–H and O–H groups in total. The molecule has 118 valence electrons. The molecular weight excluding hydrogens is 286 g/mol. The second kappa shape index (κ2) is 6.62. The Morgan fingerprint density at radius 2 is 1.95 bits per heavy atom. The highest BCUT2D eigenvalue weighted by atomic mass is 32.1. The number of amides is 1. The number of anilines is 2. The first-order valence-corrected chi connectivity index (χ1v) is 8.15. The number of rotatable bonds is 4. The first kappa shape index (κ1) is 16.0. The van der Waals surface area contributed by atoms with Crippen LogP contribution in [0.5, 0.6) is 0 Å². The maximum atomic E-state index is 12.6. The van der Waals surface area contributed by atoms with Crippen LogP contribution in [0.25, 0.3) is 0 Å². The van der Waals surface area contributed by atoms with Gasteiger partial charge in [0.1, 0.15) is 10.7 Å². The molecule has 0 saturated carbocycles. The number of thiazole rings is 1. The highest BCUT2D eigenvalue weighted by molar-refractivity contribution is 7.18. The highest BCUT2D eigenvalue weighted by Crippen LogP contribution is 2.28. The van der Waals surface area contributed by atoms with Gasteiger partial charge in [0, 0.05) is 46.8 Å². The number of nitrogens with two attached hydrogens (primary N) is 1. The van der Waals surface area contributed by atoms with Gasteiger partial charge in [0.25, 0.3) is 5.91 Å². The van der Waals surface area contributed by atoms with Gasteiger partial charge in [0.05, 0.1) is 0 Å². The molecule has 1 amide bonds. The Morgan fingerprint density at radius 1 is 1.33 bits per heavy atom. The van der Waals surface area contributed by atoms with E-state index in [4.69, 9.17) is 5.73 Å². The van der Waals surface area contributed by atoms with Gasteiger partial charge in [-0.2, -0.15) is 0 Å². The average molecular weight is 311 g/mol. The van der Waals surface area contributed by atoms with E-state index in [1.165, 1.54) is 11.3 Å². The van der Waals surface area contributed by atoms with Crippen LogP contribution in [0.15, 0.2) is 0 Å². The lowest BCUT2D eigenvalue weighted by atomic mass is 10.2. The number of aromatic nitrogens is 1. The second-order valence-corrected chi connectivity index (χ2v) is 7.07. The van der Waals surface area contributed by atoms with Gasteiger partial charge >= 0.3 is 0 Å². The van der Waals surface area contributed by atoms with Crippen LogP contribution in [0.3, 0.4) is 0 Å². The molecule has 1 aliphatic heterocycles. The van der Waals surface area contributed by atoms with Gasteiger partial charge in [-0.15, -0.1) is 0 Å². The quantitative estimate of drug-likeness (QED) is 0.905. The smallest absolute Gasteiger partial charge is 0.267 e. The van der Waals surface area contributed by atoms with E-state index in [2.05, 4.69) is 23.7 Å². The SMILES string of the molecule is CC(C)CN1CCN(C(=O)c2sc(N(C)C)nc2N)CC1. The third-order valence-electron chi connectivity index (χ3n) is 3.50. The van der Waals surface area contributed by atoms with Gasteiger partial charge in [-0.3, -0.25) is 9.69 Å². The van der Waals surface area contributed by atoms with E-state index in [-0.39, 0.29) is 5.91 Å². The summed E-state index contributed by atoms with van der Waals surface area (Å²) in [6.45, 7) is 8.93. The molecule has 6 nitrogen and oxygen atoms in total. The van der Waals surface area contributed by atoms with Crippen LogP contribution in [0.4, 0.5) is 10.9 Å². The van der Waals surface area contributed by atoms with Crippen molar-refractivity contribution < 1.29 is 4.79 Å². The number of nitrogens with zero attached hydrogens (tertiary/aromatic N) is 4. The van der Waals surface area contributed by atoms with Crippen LogP contribution in [-0.4, -0.2) is 67.5 Å². The van der Waals surface area contributed by atoms with Gasteiger partial charge in [-0.25, -0.2) is 4.98 Å². The maximum Gasteiger partial charge on any atom is 0.267 e. The zero-order chi connectivity index (χ0) is 15.6. The Balaban J connectivity index is 1.99. The van der Waals surface area contributed by atoms with Crippen molar-refractivity contribution in [2.45, 2.75) is 13.8 Å². The third-order valence-corrected chi connectivity index (χ3v) is 4.73. The summed E-state index contributed by atoms with van der Waals surface area (Å²) in [5.74, 6) is 1.02. The molecule has 0 atom stereocenters. The molecule has 21 heavy (non-hydrogen) atoms. The van der Waals surface area contributed by atoms with Gasteiger partial charge in [-0.1, -0.05) is 25.2 Å². The Kier molecular flexibility index (Phi) is 5.05. The van der Waals surface area contributed by atoms with Crippen LogP contribution in [0, 0.1) is 5.92 Å². The Morgan fingerprint density at radius 3 is 2.43 bits per heavy atom. The van der Waals surface area contributed by atoms with Crippen molar-refractivity contribution in [1.29, 1.82) is 0 Å². The predicted octanol–water partition coefficient (Wildman–Crippen LogP) is 1.21. The van der Waals surface area contributed by atoms with Gasteiger partial charge in [-0.05, 0) is 5.92 Å². The molecule has 1 saturated heterocycles. The van der Waals surface area contributed by atoms with Crippen LogP contribution in [-0.2, 0) is 0 Å². The molecule has 2 rings (SSSR count). The van der Waals surface area contributed by atoms with E-state index in [9.17, 15) is 4.79 Å². The van der Waals surface area contributed by atoms with Gasteiger partial charge in [0.15, 0.2) is 5.13 Å². The normalized spacial score (nSPS) is 16.5. The fourth-order valence-corrected chi connectivity index (χ4v) is 3.33. The minimum Gasteiger partial charge on any atom is -0.382 e. The summed E-state index contributed by atoms with van der Waals surface area (Å²) in [5.41, 5.74) is 5.89.